The molecule has 84 valence electrons. The highest BCUT2D eigenvalue weighted by Gasteiger charge is 2.23. The standard InChI is InChI=1S/C12H15N3S/c1-16-11-4-3-10(6-11)15-12-5-2-9(7-13)8-14-12/h2,5,8,10-11H,3-4,6H2,1H3,(H,14,15). The Morgan fingerprint density at radius 1 is 1.50 bits per heavy atom. The molecule has 0 aliphatic heterocycles. The molecule has 1 aliphatic carbocycles. The molecule has 0 saturated heterocycles. The zero-order valence-corrected chi connectivity index (χ0v) is 10.1. The van der Waals surface area contributed by atoms with E-state index < -0.39 is 0 Å². The third-order valence-electron chi connectivity index (χ3n) is 2.96. The van der Waals surface area contributed by atoms with E-state index in [0.29, 0.717) is 11.6 Å². The molecule has 1 N–H and O–H groups in total. The van der Waals surface area contributed by atoms with Crippen molar-refractivity contribution in [3.63, 3.8) is 0 Å². The predicted octanol–water partition coefficient (Wildman–Crippen LogP) is 2.65. The summed E-state index contributed by atoms with van der Waals surface area (Å²) in [7, 11) is 0. The van der Waals surface area contributed by atoms with Gasteiger partial charge in [0.1, 0.15) is 11.9 Å². The summed E-state index contributed by atoms with van der Waals surface area (Å²) in [5.41, 5.74) is 0.610. The van der Waals surface area contributed by atoms with Crippen LogP contribution in [0.5, 0.6) is 0 Å². The molecule has 1 aromatic heterocycles. The molecule has 1 heterocycles. The Hall–Kier alpha value is -1.21. The normalized spacial score (nSPS) is 24.0. The van der Waals surface area contributed by atoms with E-state index in [1.54, 1.807) is 12.3 Å². The van der Waals surface area contributed by atoms with Gasteiger partial charge in [0.05, 0.1) is 5.56 Å². The molecule has 2 rings (SSSR count). The molecule has 1 aromatic rings. The highest BCUT2D eigenvalue weighted by atomic mass is 32.2. The number of nitriles is 1. The van der Waals surface area contributed by atoms with E-state index in [4.69, 9.17) is 5.26 Å². The third kappa shape index (κ3) is 2.67. The van der Waals surface area contributed by atoms with Crippen LogP contribution in [-0.4, -0.2) is 22.5 Å². The number of rotatable bonds is 3. The van der Waals surface area contributed by atoms with Crippen LogP contribution in [0.2, 0.25) is 0 Å². The third-order valence-corrected chi connectivity index (χ3v) is 4.06. The van der Waals surface area contributed by atoms with Crippen LogP contribution in [0.25, 0.3) is 0 Å². The summed E-state index contributed by atoms with van der Waals surface area (Å²) < 4.78 is 0. The fourth-order valence-corrected chi connectivity index (χ4v) is 2.84. The van der Waals surface area contributed by atoms with Crippen LogP contribution in [0.1, 0.15) is 24.8 Å². The van der Waals surface area contributed by atoms with Crippen LogP contribution in [0, 0.1) is 11.3 Å². The van der Waals surface area contributed by atoms with Crippen molar-refractivity contribution in [3.8, 4) is 6.07 Å². The van der Waals surface area contributed by atoms with Crippen LogP contribution in [0.4, 0.5) is 5.82 Å². The summed E-state index contributed by atoms with van der Waals surface area (Å²) in [4.78, 5) is 4.22. The van der Waals surface area contributed by atoms with Crippen molar-refractivity contribution in [3.05, 3.63) is 23.9 Å². The van der Waals surface area contributed by atoms with Gasteiger partial charge in [-0.2, -0.15) is 17.0 Å². The maximum atomic E-state index is 8.67. The van der Waals surface area contributed by atoms with Gasteiger partial charge in [0.15, 0.2) is 0 Å². The molecule has 0 aromatic carbocycles. The van der Waals surface area contributed by atoms with E-state index in [1.165, 1.54) is 19.3 Å². The molecule has 0 spiro atoms. The van der Waals surface area contributed by atoms with Gasteiger partial charge in [-0.05, 0) is 37.7 Å². The van der Waals surface area contributed by atoms with Crippen LogP contribution < -0.4 is 5.32 Å². The minimum Gasteiger partial charge on any atom is -0.367 e. The molecule has 0 radical (unpaired) electrons. The number of pyridine rings is 1. The Kier molecular flexibility index (Phi) is 3.68. The van der Waals surface area contributed by atoms with Gasteiger partial charge >= 0.3 is 0 Å². The monoisotopic (exact) mass is 233 g/mol. The van der Waals surface area contributed by atoms with Crippen molar-refractivity contribution >= 4 is 17.6 Å². The van der Waals surface area contributed by atoms with Gasteiger partial charge in [0.25, 0.3) is 0 Å². The SMILES string of the molecule is CSC1CCC(Nc2ccc(C#N)cn2)C1. The van der Waals surface area contributed by atoms with Crippen molar-refractivity contribution in [2.75, 3.05) is 11.6 Å². The molecule has 16 heavy (non-hydrogen) atoms. The van der Waals surface area contributed by atoms with Crippen molar-refractivity contribution in [1.29, 1.82) is 5.26 Å². The Morgan fingerprint density at radius 3 is 2.94 bits per heavy atom. The summed E-state index contributed by atoms with van der Waals surface area (Å²) in [5, 5.41) is 12.9. The molecule has 0 bridgehead atoms. The fourth-order valence-electron chi connectivity index (χ4n) is 2.04. The zero-order chi connectivity index (χ0) is 11.4. The summed E-state index contributed by atoms with van der Waals surface area (Å²) >= 11 is 1.95. The maximum absolute atomic E-state index is 8.67. The van der Waals surface area contributed by atoms with Gasteiger partial charge in [-0.25, -0.2) is 4.98 Å². The molecule has 2 unspecified atom stereocenters. The number of thioether (sulfide) groups is 1. The molecule has 1 fully saturated rings. The van der Waals surface area contributed by atoms with Gasteiger partial charge < -0.3 is 5.32 Å². The molecule has 1 saturated carbocycles. The van der Waals surface area contributed by atoms with Crippen LogP contribution in [0.3, 0.4) is 0 Å². The second-order valence-electron chi connectivity index (χ2n) is 4.06. The van der Waals surface area contributed by atoms with Crippen molar-refractivity contribution in [2.24, 2.45) is 0 Å². The van der Waals surface area contributed by atoms with E-state index >= 15 is 0 Å². The lowest BCUT2D eigenvalue weighted by molar-refractivity contribution is 0.752. The van der Waals surface area contributed by atoms with Crippen LogP contribution >= 0.6 is 11.8 Å². The summed E-state index contributed by atoms with van der Waals surface area (Å²) in [6, 6.07) is 6.29. The van der Waals surface area contributed by atoms with Gasteiger partial charge in [0, 0.05) is 17.5 Å². The average molecular weight is 233 g/mol. The molecule has 0 amide bonds. The molecular formula is C12H15N3S. The van der Waals surface area contributed by atoms with Crippen LogP contribution in [0.15, 0.2) is 18.3 Å². The number of nitrogens with one attached hydrogen (secondary N) is 1. The Balaban J connectivity index is 1.92. The lowest BCUT2D eigenvalue weighted by atomic mass is 10.2. The minimum absolute atomic E-state index is 0.540. The lowest BCUT2D eigenvalue weighted by Gasteiger charge is -2.13. The number of nitrogens with zero attached hydrogens (tertiary/aromatic N) is 2. The summed E-state index contributed by atoms with van der Waals surface area (Å²) in [6.07, 6.45) is 7.50. The van der Waals surface area contributed by atoms with E-state index in [9.17, 15) is 0 Å². The van der Waals surface area contributed by atoms with E-state index in [-0.39, 0.29) is 0 Å². The van der Waals surface area contributed by atoms with Gasteiger partial charge in [-0.1, -0.05) is 0 Å². The Bertz CT molecular complexity index is 382. The fraction of sp³-hybridized carbons (Fsp3) is 0.500. The van der Waals surface area contributed by atoms with E-state index in [2.05, 4.69) is 22.6 Å². The first-order valence-corrected chi connectivity index (χ1v) is 6.76. The number of hydrogen-bond acceptors (Lipinski definition) is 4. The first-order valence-electron chi connectivity index (χ1n) is 5.47. The zero-order valence-electron chi connectivity index (χ0n) is 9.31. The number of anilines is 1. The summed E-state index contributed by atoms with van der Waals surface area (Å²) in [5.74, 6) is 0.880. The van der Waals surface area contributed by atoms with Gasteiger partial charge in [-0.3, -0.25) is 0 Å². The highest BCUT2D eigenvalue weighted by molar-refractivity contribution is 7.99. The van der Waals surface area contributed by atoms with Crippen molar-refractivity contribution in [2.45, 2.75) is 30.6 Å². The predicted molar refractivity (Wildman–Crippen MR) is 67.5 cm³/mol. The smallest absolute Gasteiger partial charge is 0.126 e. The topological polar surface area (TPSA) is 48.7 Å². The largest absolute Gasteiger partial charge is 0.367 e. The van der Waals surface area contributed by atoms with Gasteiger partial charge in [-0.15, -0.1) is 0 Å². The minimum atomic E-state index is 0.540. The van der Waals surface area contributed by atoms with Crippen LogP contribution in [-0.2, 0) is 0 Å². The van der Waals surface area contributed by atoms with Gasteiger partial charge in [0.2, 0.25) is 0 Å². The molecule has 1 aliphatic rings. The highest BCUT2D eigenvalue weighted by Crippen LogP contribution is 2.29. The lowest BCUT2D eigenvalue weighted by Crippen LogP contribution is -2.16. The molecule has 2 atom stereocenters. The van der Waals surface area contributed by atoms with E-state index in [1.807, 2.05) is 17.8 Å². The second kappa shape index (κ2) is 5.22. The second-order valence-corrected chi connectivity index (χ2v) is 5.19. The summed E-state index contributed by atoms with van der Waals surface area (Å²) in [6.45, 7) is 0. The number of aromatic nitrogens is 1. The average Bonchev–Trinajstić information content (AvgIpc) is 2.78. The Labute approximate surface area is 100 Å². The quantitative estimate of drug-likeness (QED) is 0.872. The number of hydrogen-bond donors (Lipinski definition) is 1. The van der Waals surface area contributed by atoms with E-state index in [0.717, 1.165) is 11.1 Å². The Morgan fingerprint density at radius 2 is 2.38 bits per heavy atom. The van der Waals surface area contributed by atoms with Crippen molar-refractivity contribution < 1.29 is 0 Å². The molecule has 3 nitrogen and oxygen atoms in total. The maximum Gasteiger partial charge on any atom is 0.126 e. The van der Waals surface area contributed by atoms with Crippen molar-refractivity contribution in [1.82, 2.24) is 4.98 Å². The molecule has 4 heteroatoms. The molecular weight excluding hydrogens is 218 g/mol. The first-order chi connectivity index (χ1) is 7.81. The first kappa shape index (κ1) is 11.3.